The Morgan fingerprint density at radius 2 is 1.00 bits per heavy atom. The maximum absolute atomic E-state index is 10.9. The van der Waals surface area contributed by atoms with Crippen molar-refractivity contribution in [1.82, 2.24) is 0 Å². The number of nitrogen functional groups attached to an aromatic ring is 1. The Labute approximate surface area is 163 Å². The van der Waals surface area contributed by atoms with Crippen molar-refractivity contribution in [3.63, 3.8) is 0 Å². The van der Waals surface area contributed by atoms with E-state index in [1.807, 2.05) is 0 Å². The van der Waals surface area contributed by atoms with Crippen LogP contribution < -0.4 is 62.3 Å². The van der Waals surface area contributed by atoms with Crippen LogP contribution in [0.25, 0.3) is 0 Å². The second kappa shape index (κ2) is 8.58. The van der Waals surface area contributed by atoms with Crippen molar-refractivity contribution in [3.05, 3.63) is 12.1 Å². The molecule has 0 saturated heterocycles. The van der Waals surface area contributed by atoms with Crippen LogP contribution in [0.5, 0.6) is 0 Å². The molecule has 0 bridgehead atoms. The molecule has 16 heteroatoms. The van der Waals surface area contributed by atoms with Gasteiger partial charge in [-0.05, 0) is 12.1 Å². The monoisotopic (exact) mass is 351 g/mol. The van der Waals surface area contributed by atoms with Crippen molar-refractivity contribution >= 4 is 36.0 Å². The molecule has 0 atom stereocenters. The molecule has 108 valence electrons. The molecule has 0 fully saturated rings. The predicted octanol–water partition coefficient (Wildman–Crippen LogP) is -11.0. The van der Waals surface area contributed by atoms with E-state index in [2.05, 4.69) is 0 Å². The molecular formula is C6H4Li3NO9S3. The Balaban J connectivity index is -0.00000120. The third-order valence-corrected chi connectivity index (χ3v) is 4.75. The molecule has 0 amide bonds. The molecule has 0 saturated carbocycles. The largest absolute Gasteiger partial charge is 1.00 e. The van der Waals surface area contributed by atoms with Crippen molar-refractivity contribution in [2.24, 2.45) is 0 Å². The van der Waals surface area contributed by atoms with Crippen LogP contribution in [0.3, 0.4) is 0 Å². The first-order chi connectivity index (χ1) is 8.26. The van der Waals surface area contributed by atoms with E-state index in [4.69, 9.17) is 5.73 Å². The van der Waals surface area contributed by atoms with E-state index in [1.165, 1.54) is 0 Å². The molecule has 0 radical (unpaired) electrons. The van der Waals surface area contributed by atoms with Crippen LogP contribution in [0.15, 0.2) is 26.8 Å². The number of hydrogen-bond acceptors (Lipinski definition) is 10. The fourth-order valence-corrected chi connectivity index (χ4v) is 3.78. The number of rotatable bonds is 3. The van der Waals surface area contributed by atoms with Gasteiger partial charge in [0.15, 0.2) is 0 Å². The van der Waals surface area contributed by atoms with Crippen LogP contribution in [-0.4, -0.2) is 38.9 Å². The molecule has 2 N–H and O–H groups in total. The smallest absolute Gasteiger partial charge is 0.744 e. The maximum Gasteiger partial charge on any atom is 1.00 e. The van der Waals surface area contributed by atoms with Gasteiger partial charge >= 0.3 is 56.6 Å². The quantitative estimate of drug-likeness (QED) is 0.310. The molecule has 1 aromatic rings. The minimum atomic E-state index is -5.59. The van der Waals surface area contributed by atoms with Crippen molar-refractivity contribution in [3.8, 4) is 0 Å². The summed E-state index contributed by atoms with van der Waals surface area (Å²) in [4.78, 5) is -4.58. The van der Waals surface area contributed by atoms with Gasteiger partial charge in [-0.1, -0.05) is 0 Å². The average molecular weight is 351 g/mol. The van der Waals surface area contributed by atoms with Gasteiger partial charge in [0, 0.05) is 0 Å². The molecule has 1 rings (SSSR count). The number of hydrogen-bond donors (Lipinski definition) is 1. The van der Waals surface area contributed by atoms with Crippen LogP contribution >= 0.6 is 0 Å². The zero-order chi connectivity index (χ0) is 15.2. The molecule has 22 heavy (non-hydrogen) atoms. The second-order valence-electron chi connectivity index (χ2n) is 3.17. The molecule has 0 aromatic heterocycles. The average Bonchev–Trinajstić information content (AvgIpc) is 2.11. The van der Waals surface area contributed by atoms with E-state index in [1.54, 1.807) is 0 Å². The molecule has 0 unspecified atom stereocenters. The first-order valence-corrected chi connectivity index (χ1v) is 8.29. The summed E-state index contributed by atoms with van der Waals surface area (Å²) in [6, 6.07) is 0.547. The van der Waals surface area contributed by atoms with Gasteiger partial charge < -0.3 is 19.4 Å². The molecule has 0 heterocycles. The zero-order valence-corrected chi connectivity index (χ0v) is 14.1. The van der Waals surface area contributed by atoms with E-state index < -0.39 is 50.7 Å². The van der Waals surface area contributed by atoms with E-state index >= 15 is 0 Å². The van der Waals surface area contributed by atoms with Crippen molar-refractivity contribution in [2.75, 3.05) is 5.73 Å². The van der Waals surface area contributed by atoms with Gasteiger partial charge in [-0.3, -0.25) is 0 Å². The normalized spacial score (nSPS) is 11.6. The van der Waals surface area contributed by atoms with E-state index in [0.29, 0.717) is 6.07 Å². The third kappa shape index (κ3) is 6.21. The van der Waals surface area contributed by atoms with Gasteiger partial charge in [-0.25, -0.2) is 25.3 Å². The number of anilines is 1. The first kappa shape index (κ1) is 27.4. The summed E-state index contributed by atoms with van der Waals surface area (Å²) in [5.41, 5.74) is 3.59. The SMILES string of the molecule is Nc1c(S(=O)(=O)[O-])ccc(S(=O)(=O)[O-])c1S(=O)(=O)[O-].[Li+].[Li+].[Li+]. The predicted molar refractivity (Wildman–Crippen MR) is 54.7 cm³/mol. The van der Waals surface area contributed by atoms with Crippen molar-refractivity contribution in [1.29, 1.82) is 0 Å². The number of benzene rings is 1. The summed E-state index contributed by atoms with van der Waals surface area (Å²) < 4.78 is 97.1. The van der Waals surface area contributed by atoms with Gasteiger partial charge in [0.25, 0.3) is 0 Å². The second-order valence-corrected chi connectivity index (χ2v) is 7.18. The summed E-state index contributed by atoms with van der Waals surface area (Å²) in [5.74, 6) is 0. The molecule has 0 aliphatic carbocycles. The molecule has 0 spiro atoms. The van der Waals surface area contributed by atoms with E-state index in [-0.39, 0.29) is 62.6 Å². The standard InChI is InChI=1S/C6H7NO9S3.3Li/c7-5-3(17(8,9)10)1-2-4(18(11,12)13)6(5)19(14,15)16;;;/h1-2H,7H2,(H,8,9,10)(H,11,12,13)(H,14,15,16);;;/q;3*+1/p-3. The van der Waals surface area contributed by atoms with Gasteiger partial charge in [0.1, 0.15) is 30.4 Å². The zero-order valence-electron chi connectivity index (χ0n) is 11.6. The first-order valence-electron chi connectivity index (χ1n) is 4.06. The summed E-state index contributed by atoms with van der Waals surface area (Å²) >= 11 is 0. The van der Waals surface area contributed by atoms with Crippen LogP contribution in [0.4, 0.5) is 5.69 Å². The summed E-state index contributed by atoms with van der Waals surface area (Å²) in [6.07, 6.45) is 0. The van der Waals surface area contributed by atoms with Gasteiger partial charge in [-0.15, -0.1) is 0 Å². The molecule has 10 nitrogen and oxygen atoms in total. The van der Waals surface area contributed by atoms with Crippen LogP contribution in [0.1, 0.15) is 0 Å². The Morgan fingerprint density at radius 1 is 0.682 bits per heavy atom. The Hall–Kier alpha value is 0.542. The molecule has 1 aromatic carbocycles. The van der Waals surface area contributed by atoms with E-state index in [9.17, 15) is 38.9 Å². The Morgan fingerprint density at radius 3 is 1.27 bits per heavy atom. The number of nitrogens with two attached hydrogens (primary N) is 1. The fraction of sp³-hybridized carbons (Fsp3) is 0. The van der Waals surface area contributed by atoms with Gasteiger partial charge in [0.05, 0.1) is 20.4 Å². The topological polar surface area (TPSA) is 198 Å². The van der Waals surface area contributed by atoms with Crippen molar-refractivity contribution < 1.29 is 95.5 Å². The fourth-order valence-electron chi connectivity index (χ4n) is 1.23. The minimum Gasteiger partial charge on any atom is -0.744 e. The van der Waals surface area contributed by atoms with Gasteiger partial charge in [-0.2, -0.15) is 0 Å². The van der Waals surface area contributed by atoms with Gasteiger partial charge in [0.2, 0.25) is 0 Å². The summed E-state index contributed by atoms with van der Waals surface area (Å²) in [7, 11) is -16.2. The van der Waals surface area contributed by atoms with Crippen molar-refractivity contribution in [2.45, 2.75) is 14.7 Å². The van der Waals surface area contributed by atoms with Crippen LogP contribution in [0.2, 0.25) is 0 Å². The molecule has 0 aliphatic heterocycles. The van der Waals surface area contributed by atoms with Crippen LogP contribution in [0, 0.1) is 0 Å². The molecule has 0 aliphatic rings. The van der Waals surface area contributed by atoms with E-state index in [0.717, 1.165) is 0 Å². The maximum atomic E-state index is 10.9. The summed E-state index contributed by atoms with van der Waals surface area (Å²) in [6.45, 7) is 0. The van der Waals surface area contributed by atoms with Crippen LogP contribution in [-0.2, 0) is 30.4 Å². The Kier molecular flexibility index (Phi) is 10.7. The Bertz CT molecular complexity index is 847. The molecular weight excluding hydrogens is 347 g/mol. The minimum absolute atomic E-state index is 0. The third-order valence-electron chi connectivity index (χ3n) is 1.91. The summed E-state index contributed by atoms with van der Waals surface area (Å²) in [5, 5.41) is 0.